The molecular formula is C23H22ClNO6. The van der Waals surface area contributed by atoms with E-state index in [4.69, 9.17) is 21.1 Å². The zero-order valence-corrected chi connectivity index (χ0v) is 18.3. The van der Waals surface area contributed by atoms with Gasteiger partial charge in [-0.1, -0.05) is 11.6 Å². The predicted molar refractivity (Wildman–Crippen MR) is 116 cm³/mol. The summed E-state index contributed by atoms with van der Waals surface area (Å²) < 4.78 is 12.0. The lowest BCUT2D eigenvalue weighted by Crippen LogP contribution is -2.28. The molecule has 0 amide bonds. The number of esters is 1. The summed E-state index contributed by atoms with van der Waals surface area (Å²) in [5.41, 5.74) is 1.74. The van der Waals surface area contributed by atoms with Crippen molar-refractivity contribution >= 4 is 40.3 Å². The summed E-state index contributed by atoms with van der Waals surface area (Å²) in [6.07, 6.45) is -0.954. The SMILES string of the molecule is COc1ccc2c(c1)c(C(C(=O)O)C(C)OC(C)=O)c(C)n2C(=O)c1ccc(Cl)cc1. The topological polar surface area (TPSA) is 94.8 Å². The van der Waals surface area contributed by atoms with E-state index in [1.54, 1.807) is 49.4 Å². The summed E-state index contributed by atoms with van der Waals surface area (Å²) in [5, 5.41) is 11.0. The van der Waals surface area contributed by atoms with Gasteiger partial charge in [0.05, 0.1) is 12.6 Å². The average molecular weight is 444 g/mol. The number of hydrogen-bond acceptors (Lipinski definition) is 5. The van der Waals surface area contributed by atoms with Gasteiger partial charge >= 0.3 is 11.9 Å². The molecule has 3 rings (SSSR count). The first-order valence-corrected chi connectivity index (χ1v) is 9.92. The second-order valence-electron chi connectivity index (χ2n) is 7.16. The molecule has 0 radical (unpaired) electrons. The van der Waals surface area contributed by atoms with Crippen LogP contribution in [0.4, 0.5) is 0 Å². The van der Waals surface area contributed by atoms with Crippen molar-refractivity contribution in [3.63, 3.8) is 0 Å². The Morgan fingerprint density at radius 2 is 1.74 bits per heavy atom. The molecule has 8 heteroatoms. The Kier molecular flexibility index (Phi) is 6.36. The van der Waals surface area contributed by atoms with E-state index in [0.29, 0.717) is 38.5 Å². The Morgan fingerprint density at radius 1 is 1.10 bits per heavy atom. The Bertz CT molecular complexity index is 1170. The normalized spacial score (nSPS) is 12.9. The van der Waals surface area contributed by atoms with E-state index in [1.165, 1.54) is 25.5 Å². The fraction of sp³-hybridized carbons (Fsp3) is 0.261. The number of ether oxygens (including phenoxy) is 2. The first-order chi connectivity index (χ1) is 14.6. The van der Waals surface area contributed by atoms with Gasteiger partial charge in [0, 0.05) is 28.6 Å². The van der Waals surface area contributed by atoms with Gasteiger partial charge in [0.15, 0.2) is 0 Å². The van der Waals surface area contributed by atoms with Crippen molar-refractivity contribution in [2.45, 2.75) is 32.8 Å². The maximum Gasteiger partial charge on any atom is 0.314 e. The van der Waals surface area contributed by atoms with Gasteiger partial charge < -0.3 is 14.6 Å². The van der Waals surface area contributed by atoms with E-state index in [0.717, 1.165) is 0 Å². The predicted octanol–water partition coefficient (Wildman–Crippen LogP) is 4.42. The van der Waals surface area contributed by atoms with Crippen LogP contribution in [-0.4, -0.2) is 40.7 Å². The van der Waals surface area contributed by atoms with E-state index in [2.05, 4.69) is 0 Å². The minimum absolute atomic E-state index is 0.333. The lowest BCUT2D eigenvalue weighted by atomic mass is 9.91. The van der Waals surface area contributed by atoms with Crippen LogP contribution in [-0.2, 0) is 14.3 Å². The Hall–Kier alpha value is -3.32. The molecule has 2 unspecified atom stereocenters. The Morgan fingerprint density at radius 3 is 2.29 bits per heavy atom. The fourth-order valence-electron chi connectivity index (χ4n) is 3.81. The van der Waals surface area contributed by atoms with Crippen LogP contribution >= 0.6 is 11.6 Å². The van der Waals surface area contributed by atoms with Crippen LogP contribution in [0.5, 0.6) is 5.75 Å². The molecule has 0 aliphatic carbocycles. The number of carbonyl (C=O) groups excluding carboxylic acids is 2. The number of benzene rings is 2. The number of carboxylic acid groups (broad SMARTS) is 1. The van der Waals surface area contributed by atoms with Gasteiger partial charge in [-0.15, -0.1) is 0 Å². The van der Waals surface area contributed by atoms with Crippen LogP contribution < -0.4 is 4.74 Å². The van der Waals surface area contributed by atoms with Gasteiger partial charge in [-0.25, -0.2) is 0 Å². The van der Waals surface area contributed by atoms with Gasteiger partial charge in [0.2, 0.25) is 0 Å². The summed E-state index contributed by atoms with van der Waals surface area (Å²) in [7, 11) is 1.50. The summed E-state index contributed by atoms with van der Waals surface area (Å²) >= 11 is 5.94. The van der Waals surface area contributed by atoms with Crippen LogP contribution in [0, 0.1) is 6.92 Å². The summed E-state index contributed by atoms with van der Waals surface area (Å²) in [6.45, 7) is 4.41. The fourth-order valence-corrected chi connectivity index (χ4v) is 3.94. The van der Waals surface area contributed by atoms with Crippen LogP contribution in [0.1, 0.15) is 41.4 Å². The third-order valence-corrected chi connectivity index (χ3v) is 5.40. The van der Waals surface area contributed by atoms with E-state index < -0.39 is 24.0 Å². The molecule has 0 aliphatic heterocycles. The molecule has 1 N–H and O–H groups in total. The number of nitrogens with zero attached hydrogens (tertiary/aromatic N) is 1. The van der Waals surface area contributed by atoms with Crippen molar-refractivity contribution in [3.8, 4) is 5.75 Å². The number of carboxylic acids is 1. The summed E-state index contributed by atoms with van der Waals surface area (Å²) in [5.74, 6) is -2.76. The Balaban J connectivity index is 2.29. The van der Waals surface area contributed by atoms with Crippen molar-refractivity contribution in [2.24, 2.45) is 0 Å². The average Bonchev–Trinajstić information content (AvgIpc) is 2.98. The second kappa shape index (κ2) is 8.81. The quantitative estimate of drug-likeness (QED) is 0.566. The lowest BCUT2D eigenvalue weighted by molar-refractivity contribution is -0.151. The number of carbonyl (C=O) groups is 3. The molecule has 0 aliphatic rings. The molecule has 2 atom stereocenters. The maximum atomic E-state index is 13.4. The highest BCUT2D eigenvalue weighted by molar-refractivity contribution is 6.30. The van der Waals surface area contributed by atoms with Crippen LogP contribution in [0.2, 0.25) is 5.02 Å². The molecule has 1 heterocycles. The van der Waals surface area contributed by atoms with Crippen molar-refractivity contribution in [2.75, 3.05) is 7.11 Å². The molecule has 0 spiro atoms. The number of aromatic nitrogens is 1. The minimum atomic E-state index is -1.18. The molecular weight excluding hydrogens is 422 g/mol. The smallest absolute Gasteiger partial charge is 0.314 e. The molecule has 0 saturated heterocycles. The van der Waals surface area contributed by atoms with E-state index in [1.807, 2.05) is 0 Å². The number of aliphatic carboxylic acids is 1. The highest BCUT2D eigenvalue weighted by Crippen LogP contribution is 2.37. The van der Waals surface area contributed by atoms with Crippen molar-refractivity contribution in [3.05, 3.63) is 64.3 Å². The molecule has 31 heavy (non-hydrogen) atoms. The number of rotatable bonds is 6. The van der Waals surface area contributed by atoms with Gasteiger partial charge in [-0.2, -0.15) is 0 Å². The van der Waals surface area contributed by atoms with E-state index >= 15 is 0 Å². The number of hydrogen-bond donors (Lipinski definition) is 1. The lowest BCUT2D eigenvalue weighted by Gasteiger charge is -2.21. The summed E-state index contributed by atoms with van der Waals surface area (Å²) in [4.78, 5) is 37.1. The summed E-state index contributed by atoms with van der Waals surface area (Å²) in [6, 6.07) is 11.5. The third-order valence-electron chi connectivity index (χ3n) is 5.15. The number of methoxy groups -OCH3 is 1. The number of halogens is 1. The Labute approximate surface area is 184 Å². The zero-order valence-electron chi connectivity index (χ0n) is 17.5. The molecule has 162 valence electrons. The van der Waals surface area contributed by atoms with Crippen molar-refractivity contribution in [1.29, 1.82) is 0 Å². The molecule has 1 aromatic heterocycles. The molecule has 0 saturated carbocycles. The standard InChI is InChI=1S/C23H22ClNO6/c1-12-20(21(23(28)29)13(2)31-14(3)26)18-11-17(30-4)9-10-19(18)25(12)22(27)15-5-7-16(24)8-6-15/h5-11,13,21H,1-4H3,(H,28,29). The van der Waals surface area contributed by atoms with E-state index in [9.17, 15) is 19.5 Å². The highest BCUT2D eigenvalue weighted by atomic mass is 35.5. The molecule has 0 fully saturated rings. The van der Waals surface area contributed by atoms with Crippen LogP contribution in [0.15, 0.2) is 42.5 Å². The third kappa shape index (κ3) is 4.27. The van der Waals surface area contributed by atoms with Crippen LogP contribution in [0.3, 0.4) is 0 Å². The van der Waals surface area contributed by atoms with E-state index in [-0.39, 0.29) is 5.91 Å². The highest BCUT2D eigenvalue weighted by Gasteiger charge is 2.35. The molecule has 0 bridgehead atoms. The molecule has 3 aromatic rings. The zero-order chi connectivity index (χ0) is 22.9. The van der Waals surface area contributed by atoms with Gasteiger partial charge in [-0.05, 0) is 61.9 Å². The first-order valence-electron chi connectivity index (χ1n) is 9.55. The number of fused-ring (bicyclic) bond motifs is 1. The monoisotopic (exact) mass is 443 g/mol. The van der Waals surface area contributed by atoms with Crippen LogP contribution in [0.25, 0.3) is 10.9 Å². The second-order valence-corrected chi connectivity index (χ2v) is 7.60. The van der Waals surface area contributed by atoms with Crippen molar-refractivity contribution < 1.29 is 29.0 Å². The largest absolute Gasteiger partial charge is 0.497 e. The first kappa shape index (κ1) is 22.4. The minimum Gasteiger partial charge on any atom is -0.497 e. The van der Waals surface area contributed by atoms with Gasteiger partial charge in [0.1, 0.15) is 17.8 Å². The van der Waals surface area contributed by atoms with Crippen molar-refractivity contribution in [1.82, 2.24) is 4.57 Å². The van der Waals surface area contributed by atoms with Gasteiger partial charge in [0.25, 0.3) is 5.91 Å². The van der Waals surface area contributed by atoms with Gasteiger partial charge in [-0.3, -0.25) is 19.0 Å². The molecule has 7 nitrogen and oxygen atoms in total. The molecule has 2 aromatic carbocycles. The maximum absolute atomic E-state index is 13.4.